The third-order valence-electron chi connectivity index (χ3n) is 3.44. The van der Waals surface area contributed by atoms with Crippen molar-refractivity contribution >= 4 is 46.1 Å². The van der Waals surface area contributed by atoms with Gasteiger partial charge in [0.1, 0.15) is 18.1 Å². The van der Waals surface area contributed by atoms with Crippen molar-refractivity contribution in [2.24, 2.45) is 0 Å². The number of carbonyl (C=O) groups excluding carboxylic acids is 1. The molecule has 3 aromatic rings. The Hall–Kier alpha value is -2.21. The molecule has 4 nitrogen and oxygen atoms in total. The van der Waals surface area contributed by atoms with E-state index in [1.807, 2.05) is 29.6 Å². The van der Waals surface area contributed by atoms with Gasteiger partial charge in [0.05, 0.1) is 12.0 Å². The molecule has 0 bridgehead atoms. The number of anilines is 1. The van der Waals surface area contributed by atoms with E-state index in [4.69, 9.17) is 32.7 Å². The summed E-state index contributed by atoms with van der Waals surface area (Å²) in [5.41, 5.74) is 1.46. The maximum Gasteiger partial charge on any atom is 0.265 e. The average molecular weight is 408 g/mol. The third-order valence-corrected chi connectivity index (χ3v) is 4.86. The molecule has 1 aromatic heterocycles. The monoisotopic (exact) mass is 407 g/mol. The molecule has 0 atom stereocenters. The molecule has 1 N–H and O–H groups in total. The Labute approximate surface area is 165 Å². The Morgan fingerprint density at radius 3 is 2.54 bits per heavy atom. The summed E-state index contributed by atoms with van der Waals surface area (Å²) < 4.78 is 10.9. The second-order valence-corrected chi connectivity index (χ2v) is 7.18. The minimum atomic E-state index is -0.221. The van der Waals surface area contributed by atoms with Gasteiger partial charge in [-0.15, -0.1) is 11.3 Å². The van der Waals surface area contributed by atoms with Crippen LogP contribution in [0.5, 0.6) is 11.5 Å². The van der Waals surface area contributed by atoms with Gasteiger partial charge < -0.3 is 14.8 Å². The van der Waals surface area contributed by atoms with E-state index in [9.17, 15) is 4.79 Å². The fourth-order valence-corrected chi connectivity index (χ4v) is 3.56. The first-order chi connectivity index (χ1) is 12.5. The zero-order chi connectivity index (χ0) is 18.5. The average Bonchev–Trinajstić information content (AvgIpc) is 3.08. The molecule has 0 spiro atoms. The lowest BCUT2D eigenvalue weighted by atomic mass is 10.3. The van der Waals surface area contributed by atoms with Crippen molar-refractivity contribution in [3.8, 4) is 11.5 Å². The van der Waals surface area contributed by atoms with E-state index in [1.165, 1.54) is 11.3 Å². The Balaban J connectivity index is 1.62. The number of amides is 1. The molecule has 0 saturated carbocycles. The summed E-state index contributed by atoms with van der Waals surface area (Å²) in [5, 5.41) is 5.60. The molecule has 3 rings (SSSR count). The molecular formula is C19H15Cl2NO3S. The minimum absolute atomic E-state index is 0.221. The van der Waals surface area contributed by atoms with Gasteiger partial charge >= 0.3 is 0 Å². The molecule has 0 unspecified atom stereocenters. The number of hydrogen-bond acceptors (Lipinski definition) is 4. The minimum Gasteiger partial charge on any atom is -0.497 e. The first-order valence-electron chi connectivity index (χ1n) is 7.65. The summed E-state index contributed by atoms with van der Waals surface area (Å²) >= 11 is 13.2. The highest BCUT2D eigenvalue weighted by molar-refractivity contribution is 7.12. The lowest BCUT2D eigenvalue weighted by Crippen LogP contribution is -2.10. The molecule has 26 heavy (non-hydrogen) atoms. The van der Waals surface area contributed by atoms with Crippen molar-refractivity contribution < 1.29 is 14.3 Å². The van der Waals surface area contributed by atoms with Crippen LogP contribution in [0, 0.1) is 0 Å². The Kier molecular flexibility index (Phi) is 6.04. The van der Waals surface area contributed by atoms with Crippen molar-refractivity contribution in [1.29, 1.82) is 0 Å². The Morgan fingerprint density at radius 2 is 1.81 bits per heavy atom. The Morgan fingerprint density at radius 1 is 1.08 bits per heavy atom. The van der Waals surface area contributed by atoms with E-state index in [2.05, 4.69) is 5.32 Å². The summed E-state index contributed by atoms with van der Waals surface area (Å²) in [6.45, 7) is 0.361. The van der Waals surface area contributed by atoms with Crippen molar-refractivity contribution in [1.82, 2.24) is 0 Å². The molecule has 2 aromatic carbocycles. The fraction of sp³-hybridized carbons (Fsp3) is 0.105. The number of hydrogen-bond donors (Lipinski definition) is 1. The molecule has 1 heterocycles. The van der Waals surface area contributed by atoms with Crippen LogP contribution < -0.4 is 14.8 Å². The van der Waals surface area contributed by atoms with Crippen molar-refractivity contribution in [3.05, 3.63) is 74.4 Å². The van der Waals surface area contributed by atoms with Crippen LogP contribution in [-0.4, -0.2) is 13.0 Å². The second-order valence-electron chi connectivity index (χ2n) is 5.40. The zero-order valence-electron chi connectivity index (χ0n) is 13.8. The zero-order valence-corrected chi connectivity index (χ0v) is 16.1. The SMILES string of the molecule is COc1cccc(OCc2csc(C(=O)Nc3cc(Cl)cc(Cl)c3)c2)c1. The number of methoxy groups -OCH3 is 1. The quantitative estimate of drug-likeness (QED) is 0.553. The van der Waals surface area contributed by atoms with Crippen LogP contribution in [0.3, 0.4) is 0 Å². The maximum atomic E-state index is 12.4. The van der Waals surface area contributed by atoms with Crippen LogP contribution in [0.1, 0.15) is 15.2 Å². The molecule has 0 aliphatic rings. The number of ether oxygens (including phenoxy) is 2. The van der Waals surface area contributed by atoms with Gasteiger partial charge in [-0.1, -0.05) is 29.3 Å². The van der Waals surface area contributed by atoms with Crippen LogP contribution >= 0.6 is 34.5 Å². The van der Waals surface area contributed by atoms with Crippen molar-refractivity contribution in [2.75, 3.05) is 12.4 Å². The first-order valence-corrected chi connectivity index (χ1v) is 9.29. The summed E-state index contributed by atoms with van der Waals surface area (Å²) in [6.07, 6.45) is 0. The smallest absolute Gasteiger partial charge is 0.265 e. The number of carbonyl (C=O) groups is 1. The van der Waals surface area contributed by atoms with Crippen molar-refractivity contribution in [3.63, 3.8) is 0 Å². The summed E-state index contributed by atoms with van der Waals surface area (Å²) in [7, 11) is 1.61. The van der Waals surface area contributed by atoms with Gasteiger partial charge in [0.15, 0.2) is 0 Å². The van der Waals surface area contributed by atoms with Crippen LogP contribution in [0.15, 0.2) is 53.9 Å². The fourth-order valence-electron chi connectivity index (χ4n) is 2.25. The number of thiophene rings is 1. The van der Waals surface area contributed by atoms with Crippen molar-refractivity contribution in [2.45, 2.75) is 6.61 Å². The van der Waals surface area contributed by atoms with E-state index in [1.54, 1.807) is 31.4 Å². The van der Waals surface area contributed by atoms with Gasteiger partial charge in [-0.25, -0.2) is 0 Å². The largest absolute Gasteiger partial charge is 0.497 e. The molecule has 0 aliphatic carbocycles. The number of halogens is 2. The van der Waals surface area contributed by atoms with E-state index < -0.39 is 0 Å². The molecule has 134 valence electrons. The second kappa shape index (κ2) is 8.45. The predicted molar refractivity (Wildman–Crippen MR) is 106 cm³/mol. The van der Waals surface area contributed by atoms with Crippen LogP contribution in [-0.2, 0) is 6.61 Å². The molecule has 0 aliphatic heterocycles. The van der Waals surface area contributed by atoms with Gasteiger partial charge in [-0.3, -0.25) is 4.79 Å². The highest BCUT2D eigenvalue weighted by Crippen LogP contribution is 2.25. The standard InChI is InChI=1S/C19H15Cl2NO3S/c1-24-16-3-2-4-17(9-16)25-10-12-5-18(26-11-12)19(23)22-15-7-13(20)6-14(21)8-15/h2-9,11H,10H2,1H3,(H,22,23). The number of rotatable bonds is 6. The molecular weight excluding hydrogens is 393 g/mol. The van der Waals surface area contributed by atoms with E-state index in [0.717, 1.165) is 11.3 Å². The third kappa shape index (κ3) is 4.91. The lowest BCUT2D eigenvalue weighted by Gasteiger charge is -2.06. The summed E-state index contributed by atoms with van der Waals surface area (Å²) in [5.74, 6) is 1.21. The van der Waals surface area contributed by atoms with E-state index in [-0.39, 0.29) is 5.91 Å². The maximum absolute atomic E-state index is 12.4. The molecule has 1 amide bonds. The highest BCUT2D eigenvalue weighted by atomic mass is 35.5. The van der Waals surface area contributed by atoms with Gasteiger partial charge in [0, 0.05) is 27.4 Å². The van der Waals surface area contributed by atoms with Gasteiger partial charge in [0.2, 0.25) is 0 Å². The van der Waals surface area contributed by atoms with Gasteiger partial charge in [-0.2, -0.15) is 0 Å². The summed E-state index contributed by atoms with van der Waals surface area (Å²) in [4.78, 5) is 12.9. The number of benzene rings is 2. The predicted octanol–water partition coefficient (Wildman–Crippen LogP) is 5.89. The van der Waals surface area contributed by atoms with Gasteiger partial charge in [-0.05, 0) is 41.8 Å². The van der Waals surface area contributed by atoms with Crippen LogP contribution in [0.4, 0.5) is 5.69 Å². The molecule has 0 fully saturated rings. The summed E-state index contributed by atoms with van der Waals surface area (Å²) in [6, 6.07) is 14.1. The van der Waals surface area contributed by atoms with E-state index in [0.29, 0.717) is 33.0 Å². The van der Waals surface area contributed by atoms with Gasteiger partial charge in [0.25, 0.3) is 5.91 Å². The number of nitrogens with one attached hydrogen (secondary N) is 1. The van der Waals surface area contributed by atoms with Crippen LogP contribution in [0.25, 0.3) is 0 Å². The molecule has 0 saturated heterocycles. The topological polar surface area (TPSA) is 47.6 Å². The van der Waals surface area contributed by atoms with E-state index >= 15 is 0 Å². The first kappa shape index (κ1) is 18.6. The molecule has 7 heteroatoms. The Bertz CT molecular complexity index is 906. The molecule has 0 radical (unpaired) electrons. The lowest BCUT2D eigenvalue weighted by molar-refractivity contribution is 0.103. The van der Waals surface area contributed by atoms with Crippen LogP contribution in [0.2, 0.25) is 10.0 Å². The normalized spacial score (nSPS) is 10.4. The highest BCUT2D eigenvalue weighted by Gasteiger charge is 2.11.